The molecule has 4 rings (SSSR count). The molecule has 0 aromatic heterocycles. The van der Waals surface area contributed by atoms with Gasteiger partial charge in [0.15, 0.2) is 18.1 Å². The Balaban J connectivity index is 1.31. The average molecular weight is 410 g/mol. The topological polar surface area (TPSA) is 73.9 Å². The lowest BCUT2D eigenvalue weighted by Crippen LogP contribution is -2.20. The number of halogens is 1. The molecule has 146 valence electrons. The Morgan fingerprint density at radius 2 is 1.90 bits per heavy atom. The predicted molar refractivity (Wildman–Crippen MR) is 110 cm³/mol. The van der Waals surface area contributed by atoms with Crippen LogP contribution in [0.5, 0.6) is 11.5 Å². The van der Waals surface area contributed by atoms with Gasteiger partial charge in [0.25, 0.3) is 5.91 Å². The van der Waals surface area contributed by atoms with E-state index in [9.17, 15) is 9.59 Å². The maximum Gasteiger partial charge on any atom is 0.331 e. The van der Waals surface area contributed by atoms with Gasteiger partial charge in [0.1, 0.15) is 0 Å². The third-order valence-electron chi connectivity index (χ3n) is 4.24. The van der Waals surface area contributed by atoms with Crippen molar-refractivity contribution in [2.45, 2.75) is 0 Å². The number of hydrogen-bond acceptors (Lipinski definition) is 5. The first-order valence-electron chi connectivity index (χ1n) is 8.81. The van der Waals surface area contributed by atoms with E-state index in [0.29, 0.717) is 27.8 Å². The minimum absolute atomic E-state index is 0.108. The van der Waals surface area contributed by atoms with Gasteiger partial charge in [-0.15, -0.1) is 0 Å². The van der Waals surface area contributed by atoms with Gasteiger partial charge in [-0.25, -0.2) is 4.79 Å². The molecular weight excluding hydrogens is 394 g/mol. The fraction of sp³-hybridized carbons (Fsp3) is 0.0909. The third-order valence-corrected chi connectivity index (χ3v) is 4.52. The normalized spacial score (nSPS) is 12.3. The number of ether oxygens (including phenoxy) is 3. The fourth-order valence-electron chi connectivity index (χ4n) is 2.90. The second kappa shape index (κ2) is 8.24. The van der Waals surface area contributed by atoms with Gasteiger partial charge in [0.2, 0.25) is 6.79 Å². The molecule has 0 spiro atoms. The van der Waals surface area contributed by atoms with Crippen LogP contribution in [0.25, 0.3) is 16.8 Å². The van der Waals surface area contributed by atoms with Crippen LogP contribution < -0.4 is 14.8 Å². The molecule has 0 saturated heterocycles. The van der Waals surface area contributed by atoms with Crippen LogP contribution in [0, 0.1) is 0 Å². The van der Waals surface area contributed by atoms with Crippen molar-refractivity contribution in [1.82, 2.24) is 0 Å². The number of rotatable bonds is 5. The van der Waals surface area contributed by atoms with Crippen molar-refractivity contribution in [2.24, 2.45) is 0 Å². The van der Waals surface area contributed by atoms with E-state index in [2.05, 4.69) is 5.32 Å². The summed E-state index contributed by atoms with van der Waals surface area (Å²) in [6, 6.07) is 16.7. The Hall–Kier alpha value is -3.51. The molecule has 1 N–H and O–H groups in total. The molecule has 0 unspecified atom stereocenters. The van der Waals surface area contributed by atoms with Crippen molar-refractivity contribution in [1.29, 1.82) is 0 Å². The molecule has 1 amide bonds. The van der Waals surface area contributed by atoms with Gasteiger partial charge in [-0.2, -0.15) is 0 Å². The summed E-state index contributed by atoms with van der Waals surface area (Å²) in [5.74, 6) is -0.0716. The highest BCUT2D eigenvalue weighted by Gasteiger charge is 2.17. The van der Waals surface area contributed by atoms with Gasteiger partial charge >= 0.3 is 5.97 Å². The van der Waals surface area contributed by atoms with Crippen LogP contribution in [-0.4, -0.2) is 25.3 Å². The second-order valence-electron chi connectivity index (χ2n) is 6.29. The van der Waals surface area contributed by atoms with Crippen LogP contribution in [0.1, 0.15) is 5.56 Å². The number of benzene rings is 3. The van der Waals surface area contributed by atoms with E-state index in [1.807, 2.05) is 36.4 Å². The molecule has 3 aromatic carbocycles. The highest BCUT2D eigenvalue weighted by Crippen LogP contribution is 2.40. The van der Waals surface area contributed by atoms with E-state index in [1.165, 1.54) is 12.2 Å². The quantitative estimate of drug-likeness (QED) is 0.499. The van der Waals surface area contributed by atoms with Crippen molar-refractivity contribution in [3.8, 4) is 11.5 Å². The van der Waals surface area contributed by atoms with Crippen molar-refractivity contribution in [3.63, 3.8) is 0 Å². The monoisotopic (exact) mass is 409 g/mol. The van der Waals surface area contributed by atoms with Crippen LogP contribution in [0.3, 0.4) is 0 Å². The van der Waals surface area contributed by atoms with E-state index >= 15 is 0 Å². The number of carbonyl (C=O) groups is 2. The van der Waals surface area contributed by atoms with Crippen LogP contribution in [-0.2, 0) is 14.3 Å². The molecule has 1 heterocycles. The van der Waals surface area contributed by atoms with Crippen molar-refractivity contribution in [2.75, 3.05) is 18.7 Å². The largest absolute Gasteiger partial charge is 0.454 e. The molecule has 1 aliphatic rings. The van der Waals surface area contributed by atoms with E-state index in [4.69, 9.17) is 25.8 Å². The highest BCUT2D eigenvalue weighted by molar-refractivity contribution is 6.32. The zero-order valence-corrected chi connectivity index (χ0v) is 15.9. The SMILES string of the molecule is O=C(COC(=O)/C=C/c1cc(Cl)c2c(c1)OCO2)Nc1ccc2ccccc2c1. The summed E-state index contributed by atoms with van der Waals surface area (Å²) in [5.41, 5.74) is 1.28. The molecule has 7 heteroatoms. The molecule has 0 aliphatic carbocycles. The maximum absolute atomic E-state index is 12.0. The summed E-state index contributed by atoms with van der Waals surface area (Å²) in [4.78, 5) is 23.9. The molecule has 6 nitrogen and oxygen atoms in total. The Morgan fingerprint density at radius 1 is 1.07 bits per heavy atom. The van der Waals surface area contributed by atoms with Gasteiger partial charge in [0.05, 0.1) is 5.02 Å². The summed E-state index contributed by atoms with van der Waals surface area (Å²) in [7, 11) is 0. The molecule has 0 bridgehead atoms. The number of anilines is 1. The maximum atomic E-state index is 12.0. The van der Waals surface area contributed by atoms with Crippen LogP contribution in [0.2, 0.25) is 5.02 Å². The molecular formula is C22H16ClNO5. The van der Waals surface area contributed by atoms with E-state index in [-0.39, 0.29) is 6.79 Å². The second-order valence-corrected chi connectivity index (χ2v) is 6.69. The smallest absolute Gasteiger partial charge is 0.331 e. The fourth-order valence-corrected chi connectivity index (χ4v) is 3.17. The third kappa shape index (κ3) is 4.50. The van der Waals surface area contributed by atoms with Gasteiger partial charge in [-0.05, 0) is 46.7 Å². The molecule has 0 radical (unpaired) electrons. The van der Waals surface area contributed by atoms with Crippen LogP contribution in [0.4, 0.5) is 5.69 Å². The summed E-state index contributed by atoms with van der Waals surface area (Å²) < 4.78 is 15.5. The Labute approximate surface area is 171 Å². The van der Waals surface area contributed by atoms with Gasteiger partial charge in [-0.1, -0.05) is 41.9 Å². The molecule has 3 aromatic rings. The standard InChI is InChI=1S/C22H16ClNO5/c23-18-9-14(10-19-22(18)29-13-28-19)5-8-21(26)27-12-20(25)24-17-7-6-15-3-1-2-4-16(15)11-17/h1-11H,12-13H2,(H,24,25)/b8-5+. The van der Waals surface area contributed by atoms with Crippen molar-refractivity contribution < 1.29 is 23.8 Å². The number of fused-ring (bicyclic) bond motifs is 2. The zero-order valence-electron chi connectivity index (χ0n) is 15.2. The number of carbonyl (C=O) groups excluding carboxylic acids is 2. The number of esters is 1. The number of nitrogens with one attached hydrogen (secondary N) is 1. The summed E-state index contributed by atoms with van der Waals surface area (Å²) in [5, 5.41) is 5.18. The molecule has 0 saturated carbocycles. The molecule has 29 heavy (non-hydrogen) atoms. The van der Waals surface area contributed by atoms with E-state index in [0.717, 1.165) is 10.8 Å². The average Bonchev–Trinajstić information content (AvgIpc) is 3.20. The summed E-state index contributed by atoms with van der Waals surface area (Å²) in [6.45, 7) is -0.283. The summed E-state index contributed by atoms with van der Waals surface area (Å²) in [6.07, 6.45) is 2.74. The highest BCUT2D eigenvalue weighted by atomic mass is 35.5. The number of amides is 1. The zero-order chi connectivity index (χ0) is 20.2. The Morgan fingerprint density at radius 3 is 2.76 bits per heavy atom. The minimum Gasteiger partial charge on any atom is -0.454 e. The molecule has 0 atom stereocenters. The minimum atomic E-state index is -0.646. The van der Waals surface area contributed by atoms with Gasteiger partial charge in [-0.3, -0.25) is 4.79 Å². The summed E-state index contributed by atoms with van der Waals surface area (Å²) >= 11 is 6.10. The first-order chi connectivity index (χ1) is 14.1. The van der Waals surface area contributed by atoms with Crippen LogP contribution in [0.15, 0.2) is 60.7 Å². The lowest BCUT2D eigenvalue weighted by molar-refractivity contribution is -0.142. The number of hydrogen-bond donors (Lipinski definition) is 1. The molecule has 1 aliphatic heterocycles. The van der Waals surface area contributed by atoms with Gasteiger partial charge < -0.3 is 19.5 Å². The molecule has 0 fully saturated rings. The van der Waals surface area contributed by atoms with E-state index in [1.54, 1.807) is 18.2 Å². The lowest BCUT2D eigenvalue weighted by atomic mass is 10.1. The van der Waals surface area contributed by atoms with Crippen molar-refractivity contribution >= 4 is 46.0 Å². The predicted octanol–water partition coefficient (Wildman–Crippen LogP) is 4.42. The lowest BCUT2D eigenvalue weighted by Gasteiger charge is -2.07. The first kappa shape index (κ1) is 18.8. The van der Waals surface area contributed by atoms with E-state index < -0.39 is 18.5 Å². The Bertz CT molecular complexity index is 1130. The van der Waals surface area contributed by atoms with Crippen LogP contribution >= 0.6 is 11.6 Å². The Kier molecular flexibility index (Phi) is 5.35. The van der Waals surface area contributed by atoms with Crippen molar-refractivity contribution in [3.05, 3.63) is 71.3 Å². The first-order valence-corrected chi connectivity index (χ1v) is 9.19. The van der Waals surface area contributed by atoms with Gasteiger partial charge in [0, 0.05) is 11.8 Å².